The smallest absolute Gasteiger partial charge is 0.347 e. The van der Waals surface area contributed by atoms with Crippen molar-refractivity contribution in [2.24, 2.45) is 5.14 Å². The van der Waals surface area contributed by atoms with Crippen LogP contribution in [0, 0.1) is 0 Å². The van der Waals surface area contributed by atoms with E-state index >= 15 is 0 Å². The molecule has 0 radical (unpaired) electrons. The molecule has 0 unspecified atom stereocenters. The molecule has 0 bridgehead atoms. The van der Waals surface area contributed by atoms with Crippen molar-refractivity contribution in [1.82, 2.24) is 10.2 Å². The predicted octanol–water partition coefficient (Wildman–Crippen LogP) is 0.865. The zero-order valence-electron chi connectivity index (χ0n) is 7.79. The lowest BCUT2D eigenvalue weighted by Gasteiger charge is -2.04. The maximum Gasteiger partial charge on any atom is 0.381 e. The largest absolute Gasteiger partial charge is 0.381 e. The first kappa shape index (κ1) is 11.1. The van der Waals surface area contributed by atoms with E-state index in [-0.39, 0.29) is 10.9 Å². The van der Waals surface area contributed by atoms with Gasteiger partial charge in [0.05, 0.1) is 5.52 Å². The molecular formula is C8H6ClN3O3S. The Hall–Kier alpha value is -1.44. The Balaban J connectivity index is 2.61. The molecule has 1 aromatic heterocycles. The lowest BCUT2D eigenvalue weighted by atomic mass is 10.2. The molecule has 0 fully saturated rings. The first-order valence-electron chi connectivity index (χ1n) is 4.10. The van der Waals surface area contributed by atoms with E-state index in [0.717, 1.165) is 0 Å². The van der Waals surface area contributed by atoms with Crippen LogP contribution in [0.5, 0.6) is 5.88 Å². The maximum absolute atomic E-state index is 10.7. The summed E-state index contributed by atoms with van der Waals surface area (Å²) >= 11 is 5.90. The molecule has 0 saturated heterocycles. The number of halogens is 1. The average Bonchev–Trinajstić information content (AvgIpc) is 2.21. The Kier molecular flexibility index (Phi) is 2.66. The van der Waals surface area contributed by atoms with Gasteiger partial charge in [0.25, 0.3) is 5.88 Å². The molecule has 2 rings (SSSR count). The summed E-state index contributed by atoms with van der Waals surface area (Å²) in [6.45, 7) is 0. The van der Waals surface area contributed by atoms with E-state index in [1.807, 2.05) is 0 Å². The lowest BCUT2D eigenvalue weighted by Crippen LogP contribution is -2.20. The number of nitrogens with zero attached hydrogens (tertiary/aromatic N) is 2. The van der Waals surface area contributed by atoms with Gasteiger partial charge in [0, 0.05) is 5.39 Å². The summed E-state index contributed by atoms with van der Waals surface area (Å²) in [6, 6.07) is 6.85. The molecule has 0 aliphatic carbocycles. The molecular weight excluding hydrogens is 254 g/mol. The van der Waals surface area contributed by atoms with Gasteiger partial charge in [-0.2, -0.15) is 13.6 Å². The van der Waals surface area contributed by atoms with Crippen molar-refractivity contribution in [3.05, 3.63) is 29.3 Å². The summed E-state index contributed by atoms with van der Waals surface area (Å²) in [4.78, 5) is 0. The van der Waals surface area contributed by atoms with Crippen molar-refractivity contribution in [3.63, 3.8) is 0 Å². The van der Waals surface area contributed by atoms with Crippen LogP contribution in [-0.2, 0) is 10.3 Å². The summed E-state index contributed by atoms with van der Waals surface area (Å²) in [5.41, 5.74) is 0.536. The molecule has 0 amide bonds. The molecule has 0 spiro atoms. The van der Waals surface area contributed by atoms with Crippen LogP contribution in [0.25, 0.3) is 10.9 Å². The molecule has 6 nitrogen and oxygen atoms in total. The molecule has 16 heavy (non-hydrogen) atoms. The van der Waals surface area contributed by atoms with Crippen LogP contribution >= 0.6 is 11.6 Å². The monoisotopic (exact) mass is 259 g/mol. The van der Waals surface area contributed by atoms with Crippen LogP contribution in [0.15, 0.2) is 24.3 Å². The van der Waals surface area contributed by atoms with Gasteiger partial charge in [-0.15, -0.1) is 10.2 Å². The zero-order valence-corrected chi connectivity index (χ0v) is 9.36. The minimum Gasteiger partial charge on any atom is -0.347 e. The number of rotatable bonds is 2. The van der Waals surface area contributed by atoms with Gasteiger partial charge in [-0.05, 0) is 6.07 Å². The highest BCUT2D eigenvalue weighted by atomic mass is 35.5. The Morgan fingerprint density at radius 2 is 1.94 bits per heavy atom. The van der Waals surface area contributed by atoms with Gasteiger partial charge in [0.1, 0.15) is 5.02 Å². The van der Waals surface area contributed by atoms with Crippen LogP contribution in [0.4, 0.5) is 0 Å². The first-order chi connectivity index (χ1) is 7.47. The van der Waals surface area contributed by atoms with E-state index in [0.29, 0.717) is 10.9 Å². The third kappa shape index (κ3) is 2.21. The third-order valence-corrected chi connectivity index (χ3v) is 2.53. The van der Waals surface area contributed by atoms with Crippen molar-refractivity contribution in [1.29, 1.82) is 0 Å². The van der Waals surface area contributed by atoms with Crippen LogP contribution in [0.2, 0.25) is 5.02 Å². The fraction of sp³-hybridized carbons (Fsp3) is 0. The van der Waals surface area contributed by atoms with Crippen molar-refractivity contribution < 1.29 is 12.6 Å². The van der Waals surface area contributed by atoms with Crippen molar-refractivity contribution in [3.8, 4) is 5.88 Å². The predicted molar refractivity (Wildman–Crippen MR) is 58.3 cm³/mol. The highest BCUT2D eigenvalue weighted by Crippen LogP contribution is 2.29. The van der Waals surface area contributed by atoms with Crippen molar-refractivity contribution in [2.45, 2.75) is 0 Å². The standard InChI is InChI=1S/C8H6ClN3O3S/c9-7-5-3-1-2-4-6(5)11-12-8(7)15-16(10,13)14/h1-4H,(H2,10,13,14). The number of benzene rings is 1. The summed E-state index contributed by atoms with van der Waals surface area (Å²) < 4.78 is 25.8. The van der Waals surface area contributed by atoms with Crippen LogP contribution in [0.1, 0.15) is 0 Å². The van der Waals surface area contributed by atoms with Crippen LogP contribution in [-0.4, -0.2) is 18.6 Å². The fourth-order valence-electron chi connectivity index (χ4n) is 1.17. The minimum atomic E-state index is -4.16. The van der Waals surface area contributed by atoms with E-state index in [9.17, 15) is 8.42 Å². The summed E-state index contributed by atoms with van der Waals surface area (Å²) in [5, 5.41) is 12.6. The molecule has 2 aromatic rings. The van der Waals surface area contributed by atoms with Crippen molar-refractivity contribution in [2.75, 3.05) is 0 Å². The summed E-state index contributed by atoms with van der Waals surface area (Å²) in [6.07, 6.45) is 0. The quantitative estimate of drug-likeness (QED) is 0.863. The van der Waals surface area contributed by atoms with Gasteiger partial charge in [-0.1, -0.05) is 29.8 Å². The molecule has 0 saturated carbocycles. The van der Waals surface area contributed by atoms with E-state index in [2.05, 4.69) is 14.4 Å². The Morgan fingerprint density at radius 3 is 2.62 bits per heavy atom. The Bertz CT molecular complexity index is 644. The number of aromatic nitrogens is 2. The second-order valence-corrected chi connectivity index (χ2v) is 4.44. The normalized spacial score (nSPS) is 11.6. The van der Waals surface area contributed by atoms with Gasteiger partial charge in [0.15, 0.2) is 0 Å². The van der Waals surface area contributed by atoms with Gasteiger partial charge in [-0.3, -0.25) is 0 Å². The molecule has 84 valence electrons. The van der Waals surface area contributed by atoms with E-state index in [1.54, 1.807) is 24.3 Å². The van der Waals surface area contributed by atoms with Crippen molar-refractivity contribution >= 4 is 32.8 Å². The molecule has 1 aromatic carbocycles. The molecule has 0 atom stereocenters. The number of hydrogen-bond acceptors (Lipinski definition) is 5. The summed E-state index contributed by atoms with van der Waals surface area (Å²) in [7, 11) is -4.16. The van der Waals surface area contributed by atoms with E-state index in [4.69, 9.17) is 16.7 Å². The molecule has 0 aliphatic heterocycles. The van der Waals surface area contributed by atoms with Gasteiger partial charge in [0.2, 0.25) is 0 Å². The highest BCUT2D eigenvalue weighted by molar-refractivity contribution is 7.84. The second kappa shape index (κ2) is 3.85. The van der Waals surface area contributed by atoms with E-state index < -0.39 is 10.3 Å². The second-order valence-electron chi connectivity index (χ2n) is 2.91. The molecule has 8 heteroatoms. The first-order valence-corrected chi connectivity index (χ1v) is 5.95. The van der Waals surface area contributed by atoms with E-state index in [1.165, 1.54) is 0 Å². The highest BCUT2D eigenvalue weighted by Gasteiger charge is 2.14. The lowest BCUT2D eigenvalue weighted by molar-refractivity contribution is 0.474. The molecule has 2 N–H and O–H groups in total. The van der Waals surface area contributed by atoms with Gasteiger partial charge in [-0.25, -0.2) is 0 Å². The topological polar surface area (TPSA) is 95.2 Å². The van der Waals surface area contributed by atoms with Gasteiger partial charge < -0.3 is 4.18 Å². The Labute approximate surface area is 96.2 Å². The Morgan fingerprint density at radius 1 is 1.25 bits per heavy atom. The minimum absolute atomic E-state index is 0.0552. The number of fused-ring (bicyclic) bond motifs is 1. The third-order valence-electron chi connectivity index (χ3n) is 1.77. The van der Waals surface area contributed by atoms with Gasteiger partial charge >= 0.3 is 10.3 Å². The maximum atomic E-state index is 10.7. The summed E-state index contributed by atoms with van der Waals surface area (Å²) in [5.74, 6) is -0.331. The molecule has 1 heterocycles. The number of hydrogen-bond donors (Lipinski definition) is 1. The number of nitrogens with two attached hydrogens (primary N) is 1. The SMILES string of the molecule is NS(=O)(=O)Oc1nnc2ccccc2c1Cl. The average molecular weight is 260 g/mol. The zero-order chi connectivity index (χ0) is 11.8. The fourth-order valence-corrected chi connectivity index (χ4v) is 1.79. The van der Waals surface area contributed by atoms with Crippen LogP contribution in [0.3, 0.4) is 0 Å². The molecule has 0 aliphatic rings. The van der Waals surface area contributed by atoms with Crippen LogP contribution < -0.4 is 9.32 Å².